The molecule has 2 rings (SSSR count). The van der Waals surface area contributed by atoms with E-state index in [1.165, 1.54) is 23.1 Å². The van der Waals surface area contributed by atoms with Crippen LogP contribution in [-0.4, -0.2) is 30.3 Å². The number of ether oxygens (including phenoxy) is 1. The average molecular weight is 253 g/mol. The summed E-state index contributed by atoms with van der Waals surface area (Å²) >= 11 is 0. The third-order valence-electron chi connectivity index (χ3n) is 2.69. The Hall–Kier alpha value is -2.11. The fraction of sp³-hybridized carbons (Fsp3) is 0.333. The van der Waals surface area contributed by atoms with Crippen LogP contribution in [0.2, 0.25) is 0 Å². The molecule has 96 valence electrons. The topological polar surface area (TPSA) is 66.8 Å². The average Bonchev–Trinajstić information content (AvgIpc) is 2.31. The molecule has 0 aromatic heterocycles. The fourth-order valence-corrected chi connectivity index (χ4v) is 1.88. The van der Waals surface area contributed by atoms with Crippen molar-refractivity contribution in [3.8, 4) is 0 Å². The molecule has 1 aliphatic heterocycles. The van der Waals surface area contributed by atoms with Gasteiger partial charge in [-0.25, -0.2) is 9.18 Å². The minimum Gasteiger partial charge on any atom is -0.481 e. The van der Waals surface area contributed by atoms with Crippen molar-refractivity contribution in [1.29, 1.82) is 0 Å². The highest BCUT2D eigenvalue weighted by molar-refractivity contribution is 5.88. The molecule has 1 fully saturated rings. The summed E-state index contributed by atoms with van der Waals surface area (Å²) in [5, 5.41) is 8.71. The lowest BCUT2D eigenvalue weighted by atomic mass is 10.0. The second-order valence-corrected chi connectivity index (χ2v) is 4.13. The zero-order valence-electron chi connectivity index (χ0n) is 9.51. The number of anilines is 1. The van der Waals surface area contributed by atoms with E-state index < -0.39 is 17.9 Å². The summed E-state index contributed by atoms with van der Waals surface area (Å²) < 4.78 is 18.0. The van der Waals surface area contributed by atoms with E-state index in [1.54, 1.807) is 6.07 Å². The molecule has 1 heterocycles. The van der Waals surface area contributed by atoms with E-state index in [2.05, 4.69) is 0 Å². The molecule has 1 amide bonds. The number of aliphatic carboxylic acids is 1. The summed E-state index contributed by atoms with van der Waals surface area (Å²) in [6.45, 7) is 0.297. The standard InChI is InChI=1S/C12H12FNO4/c13-9-2-1-3-10(5-9)14-6-8(4-11(15)16)7-18-12(14)17/h1-3,5,8H,4,6-7H2,(H,15,16). The highest BCUT2D eigenvalue weighted by Crippen LogP contribution is 2.23. The molecule has 1 unspecified atom stereocenters. The molecular formula is C12H12FNO4. The normalized spacial score (nSPS) is 19.5. The number of carbonyl (C=O) groups excluding carboxylic acids is 1. The fourth-order valence-electron chi connectivity index (χ4n) is 1.88. The van der Waals surface area contributed by atoms with Crippen LogP contribution in [0.1, 0.15) is 6.42 Å². The molecule has 1 aromatic carbocycles. The van der Waals surface area contributed by atoms with Crippen LogP contribution in [0, 0.1) is 11.7 Å². The van der Waals surface area contributed by atoms with E-state index in [0.29, 0.717) is 5.69 Å². The van der Waals surface area contributed by atoms with Crippen molar-refractivity contribution in [1.82, 2.24) is 0 Å². The summed E-state index contributed by atoms with van der Waals surface area (Å²) in [5.74, 6) is -1.69. The van der Waals surface area contributed by atoms with Gasteiger partial charge in [0.15, 0.2) is 0 Å². The molecule has 5 nitrogen and oxygen atoms in total. The minimum atomic E-state index is -0.947. The molecule has 0 saturated carbocycles. The maximum Gasteiger partial charge on any atom is 0.414 e. The number of amides is 1. The molecule has 0 bridgehead atoms. The Morgan fingerprint density at radius 2 is 2.33 bits per heavy atom. The molecule has 1 atom stereocenters. The van der Waals surface area contributed by atoms with Crippen LogP contribution in [-0.2, 0) is 9.53 Å². The van der Waals surface area contributed by atoms with Crippen LogP contribution < -0.4 is 4.90 Å². The first-order valence-corrected chi connectivity index (χ1v) is 5.48. The van der Waals surface area contributed by atoms with Crippen molar-refractivity contribution in [2.24, 2.45) is 5.92 Å². The number of carboxylic acids is 1. The first-order chi connectivity index (χ1) is 8.56. The molecule has 0 radical (unpaired) electrons. The van der Waals surface area contributed by atoms with Crippen LogP contribution in [0.25, 0.3) is 0 Å². The Morgan fingerprint density at radius 3 is 3.00 bits per heavy atom. The second kappa shape index (κ2) is 5.03. The molecule has 0 aliphatic carbocycles. The van der Waals surface area contributed by atoms with Gasteiger partial charge in [0.25, 0.3) is 0 Å². The zero-order chi connectivity index (χ0) is 13.1. The van der Waals surface area contributed by atoms with Crippen molar-refractivity contribution in [2.75, 3.05) is 18.1 Å². The second-order valence-electron chi connectivity index (χ2n) is 4.13. The van der Waals surface area contributed by atoms with Crippen LogP contribution >= 0.6 is 0 Å². The van der Waals surface area contributed by atoms with E-state index in [4.69, 9.17) is 9.84 Å². The van der Waals surface area contributed by atoms with Crippen molar-refractivity contribution in [3.05, 3.63) is 30.1 Å². The molecule has 1 saturated heterocycles. The maximum atomic E-state index is 13.1. The lowest BCUT2D eigenvalue weighted by Gasteiger charge is -2.31. The lowest BCUT2D eigenvalue weighted by Crippen LogP contribution is -2.43. The number of cyclic esters (lactones) is 1. The van der Waals surface area contributed by atoms with E-state index in [1.807, 2.05) is 0 Å². The van der Waals surface area contributed by atoms with Gasteiger partial charge >= 0.3 is 12.1 Å². The van der Waals surface area contributed by atoms with Gasteiger partial charge in [0.2, 0.25) is 0 Å². The molecular weight excluding hydrogens is 241 g/mol. The third-order valence-corrected chi connectivity index (χ3v) is 2.69. The van der Waals surface area contributed by atoms with Gasteiger partial charge in [0, 0.05) is 18.2 Å². The van der Waals surface area contributed by atoms with Crippen molar-refractivity contribution >= 4 is 17.7 Å². The van der Waals surface area contributed by atoms with E-state index in [0.717, 1.165) is 0 Å². The summed E-state index contributed by atoms with van der Waals surface area (Å²) in [4.78, 5) is 23.4. The predicted octanol–water partition coefficient (Wildman–Crippen LogP) is 1.87. The number of hydrogen-bond acceptors (Lipinski definition) is 3. The molecule has 18 heavy (non-hydrogen) atoms. The summed E-state index contributed by atoms with van der Waals surface area (Å²) in [5.41, 5.74) is 0.370. The Kier molecular flexibility index (Phi) is 3.45. The lowest BCUT2D eigenvalue weighted by molar-refractivity contribution is -0.138. The smallest absolute Gasteiger partial charge is 0.414 e. The number of carboxylic acid groups (broad SMARTS) is 1. The van der Waals surface area contributed by atoms with E-state index >= 15 is 0 Å². The van der Waals surface area contributed by atoms with Gasteiger partial charge in [0.1, 0.15) is 5.82 Å². The molecule has 1 aliphatic rings. The highest BCUT2D eigenvalue weighted by Gasteiger charge is 2.29. The van der Waals surface area contributed by atoms with Gasteiger partial charge in [-0.3, -0.25) is 9.69 Å². The van der Waals surface area contributed by atoms with Gasteiger partial charge in [-0.15, -0.1) is 0 Å². The Bertz CT molecular complexity index is 477. The third kappa shape index (κ3) is 2.77. The van der Waals surface area contributed by atoms with Gasteiger partial charge < -0.3 is 9.84 Å². The number of hydrogen-bond donors (Lipinski definition) is 1. The Balaban J connectivity index is 2.15. The first kappa shape index (κ1) is 12.3. The van der Waals surface area contributed by atoms with Crippen molar-refractivity contribution in [2.45, 2.75) is 6.42 Å². The molecule has 0 spiro atoms. The van der Waals surface area contributed by atoms with Crippen molar-refractivity contribution in [3.63, 3.8) is 0 Å². The summed E-state index contributed by atoms with van der Waals surface area (Å²) in [6.07, 6.45) is -0.665. The van der Waals surface area contributed by atoms with Gasteiger partial charge in [-0.05, 0) is 18.2 Å². The summed E-state index contributed by atoms with van der Waals surface area (Å²) in [6, 6.07) is 5.55. The van der Waals surface area contributed by atoms with Gasteiger partial charge in [0.05, 0.1) is 13.0 Å². The monoisotopic (exact) mass is 253 g/mol. The minimum absolute atomic E-state index is 0.0803. The Labute approximate surface area is 103 Å². The number of carbonyl (C=O) groups is 2. The molecule has 1 aromatic rings. The summed E-state index contributed by atoms with van der Waals surface area (Å²) in [7, 11) is 0. The predicted molar refractivity (Wildman–Crippen MR) is 60.8 cm³/mol. The van der Waals surface area contributed by atoms with Crippen LogP contribution in [0.3, 0.4) is 0 Å². The van der Waals surface area contributed by atoms with Crippen LogP contribution in [0.5, 0.6) is 0 Å². The largest absolute Gasteiger partial charge is 0.481 e. The van der Waals surface area contributed by atoms with Crippen LogP contribution in [0.4, 0.5) is 14.9 Å². The molecule has 1 N–H and O–H groups in total. The van der Waals surface area contributed by atoms with E-state index in [-0.39, 0.29) is 25.5 Å². The van der Waals surface area contributed by atoms with Crippen LogP contribution in [0.15, 0.2) is 24.3 Å². The number of nitrogens with zero attached hydrogens (tertiary/aromatic N) is 1. The quantitative estimate of drug-likeness (QED) is 0.893. The van der Waals surface area contributed by atoms with Gasteiger partial charge in [-0.2, -0.15) is 0 Å². The van der Waals surface area contributed by atoms with E-state index in [9.17, 15) is 14.0 Å². The first-order valence-electron chi connectivity index (χ1n) is 5.48. The maximum absolute atomic E-state index is 13.1. The molecule has 6 heteroatoms. The number of benzene rings is 1. The Morgan fingerprint density at radius 1 is 1.56 bits per heavy atom. The highest BCUT2D eigenvalue weighted by atomic mass is 19.1. The van der Waals surface area contributed by atoms with Crippen molar-refractivity contribution < 1.29 is 23.8 Å². The SMILES string of the molecule is O=C(O)CC1COC(=O)N(c2cccc(F)c2)C1. The number of rotatable bonds is 3. The number of halogens is 1. The van der Waals surface area contributed by atoms with Gasteiger partial charge in [-0.1, -0.05) is 6.07 Å². The zero-order valence-corrected chi connectivity index (χ0v) is 9.51.